The standard InChI is InChI=1S/C22H26N2O3/c1-16-14-18(15-17(2)24(16)27)10-6-4-3-5-9-13-23-21(25)19-11-7-8-12-20(19)22(23)26/h7-8,11-12,14-15H,3-6,9-10,13H2,1-2H3. The molecule has 0 fully saturated rings. The lowest BCUT2D eigenvalue weighted by atomic mass is 10.0. The number of carbonyl (C=O) groups excluding carboxylic acids is 2. The molecule has 0 spiro atoms. The third-order valence-corrected chi connectivity index (χ3v) is 5.15. The van der Waals surface area contributed by atoms with Gasteiger partial charge in [0.1, 0.15) is 0 Å². The molecule has 1 aromatic heterocycles. The summed E-state index contributed by atoms with van der Waals surface area (Å²) in [6.45, 7) is 4.17. The molecule has 1 aromatic carbocycles. The molecule has 0 atom stereocenters. The van der Waals surface area contributed by atoms with Crippen molar-refractivity contribution in [2.24, 2.45) is 0 Å². The van der Waals surface area contributed by atoms with E-state index < -0.39 is 0 Å². The number of carbonyl (C=O) groups is 2. The molecular formula is C22H26N2O3. The molecule has 5 nitrogen and oxygen atoms in total. The lowest BCUT2D eigenvalue weighted by molar-refractivity contribution is -0.619. The number of unbranched alkanes of at least 4 members (excludes halogenated alkanes) is 4. The summed E-state index contributed by atoms with van der Waals surface area (Å²) in [6, 6.07) is 10.9. The molecule has 3 rings (SSSR count). The molecule has 1 aliphatic heterocycles. The van der Waals surface area contributed by atoms with E-state index in [0.29, 0.717) is 17.7 Å². The van der Waals surface area contributed by atoms with E-state index in [1.165, 1.54) is 10.5 Å². The molecule has 27 heavy (non-hydrogen) atoms. The monoisotopic (exact) mass is 366 g/mol. The fourth-order valence-corrected chi connectivity index (χ4v) is 3.69. The predicted octanol–water partition coefficient (Wildman–Crippen LogP) is 3.73. The van der Waals surface area contributed by atoms with Gasteiger partial charge in [-0.15, -0.1) is 0 Å². The van der Waals surface area contributed by atoms with Crippen LogP contribution in [0.15, 0.2) is 36.4 Å². The van der Waals surface area contributed by atoms with Crippen LogP contribution >= 0.6 is 0 Å². The highest BCUT2D eigenvalue weighted by atomic mass is 16.5. The highest BCUT2D eigenvalue weighted by Gasteiger charge is 2.34. The van der Waals surface area contributed by atoms with Crippen molar-refractivity contribution in [1.82, 2.24) is 4.90 Å². The maximum Gasteiger partial charge on any atom is 0.261 e. The van der Waals surface area contributed by atoms with E-state index in [0.717, 1.165) is 54.6 Å². The number of fused-ring (bicyclic) bond motifs is 1. The first-order chi connectivity index (χ1) is 13.0. The summed E-state index contributed by atoms with van der Waals surface area (Å²) in [5.74, 6) is -0.331. The summed E-state index contributed by atoms with van der Waals surface area (Å²) in [5, 5.41) is 11.7. The number of benzene rings is 1. The minimum absolute atomic E-state index is 0.166. The number of imide groups is 1. The molecule has 142 valence electrons. The van der Waals surface area contributed by atoms with Gasteiger partial charge in [-0.1, -0.05) is 31.4 Å². The third-order valence-electron chi connectivity index (χ3n) is 5.15. The first kappa shape index (κ1) is 19.1. The number of aryl methyl sites for hydroxylation is 3. The maximum absolute atomic E-state index is 12.3. The van der Waals surface area contributed by atoms with Crippen molar-refractivity contribution in [2.45, 2.75) is 52.4 Å². The highest BCUT2D eigenvalue weighted by Crippen LogP contribution is 2.23. The summed E-state index contributed by atoms with van der Waals surface area (Å²) >= 11 is 0. The number of aromatic nitrogens is 1. The van der Waals surface area contributed by atoms with E-state index in [1.54, 1.807) is 24.3 Å². The van der Waals surface area contributed by atoms with E-state index in [1.807, 2.05) is 26.0 Å². The minimum atomic E-state index is -0.166. The fraction of sp³-hybridized carbons (Fsp3) is 0.409. The summed E-state index contributed by atoms with van der Waals surface area (Å²) in [7, 11) is 0. The largest absolute Gasteiger partial charge is 0.618 e. The second-order valence-electron chi connectivity index (χ2n) is 7.27. The molecule has 0 saturated heterocycles. The first-order valence-corrected chi connectivity index (χ1v) is 9.64. The SMILES string of the molecule is Cc1cc(CCCCCCCN2C(=O)c3ccccc3C2=O)cc(C)[n+]1[O-]. The van der Waals surface area contributed by atoms with Gasteiger partial charge in [-0.2, -0.15) is 4.73 Å². The van der Waals surface area contributed by atoms with Crippen LogP contribution in [-0.4, -0.2) is 23.3 Å². The van der Waals surface area contributed by atoms with Crippen molar-refractivity contribution in [2.75, 3.05) is 6.54 Å². The summed E-state index contributed by atoms with van der Waals surface area (Å²) < 4.78 is 0.961. The molecule has 0 unspecified atom stereocenters. The van der Waals surface area contributed by atoms with Gasteiger partial charge < -0.3 is 5.21 Å². The number of amides is 2. The van der Waals surface area contributed by atoms with Gasteiger partial charge in [0.2, 0.25) is 0 Å². The molecule has 0 aliphatic carbocycles. The second kappa shape index (κ2) is 8.33. The van der Waals surface area contributed by atoms with Gasteiger partial charge in [0.15, 0.2) is 11.4 Å². The van der Waals surface area contributed by atoms with E-state index in [2.05, 4.69) is 0 Å². The lowest BCUT2D eigenvalue weighted by Crippen LogP contribution is -2.33. The average Bonchev–Trinajstić information content (AvgIpc) is 2.90. The summed E-state index contributed by atoms with van der Waals surface area (Å²) in [6.07, 6.45) is 6.07. The van der Waals surface area contributed by atoms with Crippen LogP contribution in [0.4, 0.5) is 0 Å². The van der Waals surface area contributed by atoms with Crippen LogP contribution in [0.1, 0.15) is 69.8 Å². The molecular weight excluding hydrogens is 340 g/mol. The van der Waals surface area contributed by atoms with Gasteiger partial charge in [0.05, 0.1) is 11.1 Å². The van der Waals surface area contributed by atoms with E-state index in [-0.39, 0.29) is 11.8 Å². The molecule has 5 heteroatoms. The molecule has 2 heterocycles. The van der Waals surface area contributed by atoms with Gasteiger partial charge in [-0.3, -0.25) is 14.5 Å². The van der Waals surface area contributed by atoms with Crippen molar-refractivity contribution in [3.05, 3.63) is 69.7 Å². The van der Waals surface area contributed by atoms with Crippen LogP contribution < -0.4 is 4.73 Å². The zero-order chi connectivity index (χ0) is 19.4. The van der Waals surface area contributed by atoms with Gasteiger partial charge in [0, 0.05) is 32.5 Å². The molecule has 1 aliphatic rings. The van der Waals surface area contributed by atoms with E-state index in [9.17, 15) is 14.8 Å². The van der Waals surface area contributed by atoms with Crippen molar-refractivity contribution in [3.8, 4) is 0 Å². The average molecular weight is 366 g/mol. The van der Waals surface area contributed by atoms with Crippen LogP contribution in [-0.2, 0) is 6.42 Å². The number of hydrogen-bond donors (Lipinski definition) is 0. The Balaban J connectivity index is 1.36. The van der Waals surface area contributed by atoms with E-state index >= 15 is 0 Å². The predicted molar refractivity (Wildman–Crippen MR) is 103 cm³/mol. The van der Waals surface area contributed by atoms with Crippen molar-refractivity contribution < 1.29 is 14.3 Å². The Morgan fingerprint density at radius 3 is 1.96 bits per heavy atom. The lowest BCUT2D eigenvalue weighted by Gasteiger charge is -2.13. The van der Waals surface area contributed by atoms with Crippen LogP contribution in [0.3, 0.4) is 0 Å². The van der Waals surface area contributed by atoms with Gasteiger partial charge >= 0.3 is 0 Å². The van der Waals surface area contributed by atoms with Crippen molar-refractivity contribution in [3.63, 3.8) is 0 Å². The number of pyridine rings is 1. The highest BCUT2D eigenvalue weighted by molar-refractivity contribution is 6.21. The zero-order valence-corrected chi connectivity index (χ0v) is 16.0. The Labute approximate surface area is 160 Å². The van der Waals surface area contributed by atoms with Crippen LogP contribution in [0.5, 0.6) is 0 Å². The Bertz CT molecular complexity index is 802. The molecule has 0 N–H and O–H groups in total. The van der Waals surface area contributed by atoms with Crippen molar-refractivity contribution >= 4 is 11.8 Å². The topological polar surface area (TPSA) is 64.3 Å². The Morgan fingerprint density at radius 2 is 1.37 bits per heavy atom. The van der Waals surface area contributed by atoms with Crippen LogP contribution in [0.25, 0.3) is 0 Å². The second-order valence-corrected chi connectivity index (χ2v) is 7.27. The Hall–Kier alpha value is -2.69. The van der Waals surface area contributed by atoms with Crippen LogP contribution in [0, 0.1) is 19.1 Å². The summed E-state index contributed by atoms with van der Waals surface area (Å²) in [5.41, 5.74) is 3.74. The number of nitrogens with zero attached hydrogens (tertiary/aromatic N) is 2. The molecule has 0 bridgehead atoms. The molecule has 0 saturated carbocycles. The smallest absolute Gasteiger partial charge is 0.261 e. The van der Waals surface area contributed by atoms with Gasteiger partial charge in [-0.05, 0) is 37.0 Å². The van der Waals surface area contributed by atoms with Gasteiger partial charge in [0.25, 0.3) is 11.8 Å². The fourth-order valence-electron chi connectivity index (χ4n) is 3.69. The third kappa shape index (κ3) is 4.18. The van der Waals surface area contributed by atoms with Crippen molar-refractivity contribution in [1.29, 1.82) is 0 Å². The normalized spacial score (nSPS) is 13.3. The van der Waals surface area contributed by atoms with E-state index in [4.69, 9.17) is 0 Å². The summed E-state index contributed by atoms with van der Waals surface area (Å²) in [4.78, 5) is 26.0. The van der Waals surface area contributed by atoms with Crippen LogP contribution in [0.2, 0.25) is 0 Å². The Morgan fingerprint density at radius 1 is 0.852 bits per heavy atom. The number of hydrogen-bond acceptors (Lipinski definition) is 3. The number of rotatable bonds is 8. The molecule has 0 radical (unpaired) electrons. The first-order valence-electron chi connectivity index (χ1n) is 9.64. The molecule has 2 amide bonds. The molecule has 2 aromatic rings. The maximum atomic E-state index is 12.3. The minimum Gasteiger partial charge on any atom is -0.618 e. The zero-order valence-electron chi connectivity index (χ0n) is 16.0. The Kier molecular flexibility index (Phi) is 5.89. The van der Waals surface area contributed by atoms with Gasteiger partial charge in [-0.25, -0.2) is 0 Å². The quantitative estimate of drug-likeness (QED) is 0.309.